The number of rotatable bonds is 3. The first-order valence-electron chi connectivity index (χ1n) is 3.76. The molecule has 3 nitrogen and oxygen atoms in total. The van der Waals surface area contributed by atoms with Crippen molar-refractivity contribution in [1.29, 1.82) is 0 Å². The van der Waals surface area contributed by atoms with Crippen molar-refractivity contribution in [2.75, 3.05) is 13.1 Å². The lowest BCUT2D eigenvalue weighted by molar-refractivity contribution is -0.118. The molecule has 1 fully saturated rings. The normalized spacial score (nSPS) is 17.5. The second-order valence-electron chi connectivity index (χ2n) is 2.70. The minimum Gasteiger partial charge on any atom is -0.370 e. The molecule has 0 aromatic carbocycles. The van der Waals surface area contributed by atoms with E-state index in [0.717, 1.165) is 24.4 Å². The number of amides is 1. The third-order valence-electron chi connectivity index (χ3n) is 1.80. The Morgan fingerprint density at radius 3 is 2.91 bits per heavy atom. The standard InChI is InChI=1S/C7H12N2OS/c8-6(10)3-5-9-4-1-2-7(9)11/h1-5H2,(H2,8,10). The Bertz CT molecular complexity index is 181. The number of thiocarbonyl (C=S) groups is 1. The molecule has 0 aliphatic carbocycles. The van der Waals surface area contributed by atoms with Gasteiger partial charge in [-0.05, 0) is 12.8 Å². The van der Waals surface area contributed by atoms with E-state index in [1.54, 1.807) is 0 Å². The fourth-order valence-electron chi connectivity index (χ4n) is 1.19. The van der Waals surface area contributed by atoms with Crippen LogP contribution in [0.3, 0.4) is 0 Å². The molecule has 0 bridgehead atoms. The molecule has 0 aromatic rings. The van der Waals surface area contributed by atoms with Crippen LogP contribution < -0.4 is 5.73 Å². The van der Waals surface area contributed by atoms with Crippen molar-refractivity contribution < 1.29 is 4.79 Å². The maximum atomic E-state index is 10.4. The van der Waals surface area contributed by atoms with E-state index >= 15 is 0 Å². The molecule has 1 amide bonds. The zero-order chi connectivity index (χ0) is 8.27. The zero-order valence-electron chi connectivity index (χ0n) is 6.38. The number of nitrogens with zero attached hydrogens (tertiary/aromatic N) is 1. The summed E-state index contributed by atoms with van der Waals surface area (Å²) in [5, 5.41) is 0. The van der Waals surface area contributed by atoms with Crippen LogP contribution in [0.5, 0.6) is 0 Å². The number of likely N-dealkylation sites (tertiary alicyclic amines) is 1. The van der Waals surface area contributed by atoms with Gasteiger partial charge >= 0.3 is 0 Å². The lowest BCUT2D eigenvalue weighted by Crippen LogP contribution is -2.27. The molecule has 1 aliphatic rings. The Kier molecular flexibility index (Phi) is 2.82. The molecule has 0 spiro atoms. The van der Waals surface area contributed by atoms with Crippen molar-refractivity contribution >= 4 is 23.1 Å². The Morgan fingerprint density at radius 2 is 2.45 bits per heavy atom. The summed E-state index contributed by atoms with van der Waals surface area (Å²) in [6, 6.07) is 0. The molecular formula is C7H12N2OS. The maximum Gasteiger partial charge on any atom is 0.219 e. The average molecular weight is 172 g/mol. The summed E-state index contributed by atoms with van der Waals surface area (Å²) < 4.78 is 0. The van der Waals surface area contributed by atoms with Gasteiger partial charge in [0.15, 0.2) is 0 Å². The van der Waals surface area contributed by atoms with E-state index in [-0.39, 0.29) is 5.91 Å². The second kappa shape index (κ2) is 3.67. The minimum absolute atomic E-state index is 0.250. The molecule has 1 heterocycles. The van der Waals surface area contributed by atoms with Crippen LogP contribution in [-0.2, 0) is 4.79 Å². The van der Waals surface area contributed by atoms with Gasteiger partial charge in [0.2, 0.25) is 5.91 Å². The molecule has 11 heavy (non-hydrogen) atoms. The molecule has 0 atom stereocenters. The summed E-state index contributed by atoms with van der Waals surface area (Å²) >= 11 is 5.07. The van der Waals surface area contributed by atoms with E-state index in [1.807, 2.05) is 0 Å². The second-order valence-corrected chi connectivity index (χ2v) is 3.17. The maximum absolute atomic E-state index is 10.4. The van der Waals surface area contributed by atoms with Crippen LogP contribution in [0.2, 0.25) is 0 Å². The summed E-state index contributed by atoms with van der Waals surface area (Å²) in [5.74, 6) is -0.250. The lowest BCUT2D eigenvalue weighted by atomic mass is 10.4. The third-order valence-corrected chi connectivity index (χ3v) is 2.26. The van der Waals surface area contributed by atoms with Crippen LogP contribution in [0, 0.1) is 0 Å². The summed E-state index contributed by atoms with van der Waals surface area (Å²) in [6.45, 7) is 1.69. The SMILES string of the molecule is NC(=O)CCN1CCCC1=S. The van der Waals surface area contributed by atoms with Crippen molar-refractivity contribution in [1.82, 2.24) is 4.90 Å². The van der Waals surface area contributed by atoms with E-state index in [4.69, 9.17) is 18.0 Å². The zero-order valence-corrected chi connectivity index (χ0v) is 7.19. The van der Waals surface area contributed by atoms with Gasteiger partial charge in [-0.25, -0.2) is 0 Å². The summed E-state index contributed by atoms with van der Waals surface area (Å²) in [4.78, 5) is 13.4. The summed E-state index contributed by atoms with van der Waals surface area (Å²) in [6.07, 6.45) is 2.53. The van der Waals surface area contributed by atoms with E-state index in [0.29, 0.717) is 13.0 Å². The van der Waals surface area contributed by atoms with Gasteiger partial charge < -0.3 is 10.6 Å². The van der Waals surface area contributed by atoms with Crippen LogP contribution in [-0.4, -0.2) is 28.9 Å². The van der Waals surface area contributed by atoms with Crippen LogP contribution in [0.25, 0.3) is 0 Å². The fraction of sp³-hybridized carbons (Fsp3) is 0.714. The highest BCUT2D eigenvalue weighted by Crippen LogP contribution is 2.11. The molecule has 1 rings (SSSR count). The molecule has 1 aliphatic heterocycles. The molecule has 0 unspecified atom stereocenters. The molecule has 1 saturated heterocycles. The first-order valence-corrected chi connectivity index (χ1v) is 4.17. The van der Waals surface area contributed by atoms with Crippen LogP contribution in [0.15, 0.2) is 0 Å². The predicted molar refractivity (Wildman–Crippen MR) is 47.2 cm³/mol. The Morgan fingerprint density at radius 1 is 1.73 bits per heavy atom. The van der Waals surface area contributed by atoms with E-state index < -0.39 is 0 Å². The monoisotopic (exact) mass is 172 g/mol. The summed E-state index contributed by atoms with van der Waals surface area (Å²) in [5.41, 5.74) is 5.01. The number of hydrogen-bond donors (Lipinski definition) is 1. The third kappa shape index (κ3) is 2.46. The quantitative estimate of drug-likeness (QED) is 0.622. The number of primary amides is 1. The highest BCUT2D eigenvalue weighted by atomic mass is 32.1. The molecule has 62 valence electrons. The largest absolute Gasteiger partial charge is 0.370 e. The minimum atomic E-state index is -0.250. The first kappa shape index (κ1) is 8.46. The van der Waals surface area contributed by atoms with Crippen molar-refractivity contribution in [3.8, 4) is 0 Å². The van der Waals surface area contributed by atoms with Gasteiger partial charge in [-0.1, -0.05) is 12.2 Å². The predicted octanol–water partition coefficient (Wildman–Crippen LogP) is 0.285. The van der Waals surface area contributed by atoms with Crippen molar-refractivity contribution in [2.24, 2.45) is 5.73 Å². The topological polar surface area (TPSA) is 46.3 Å². The lowest BCUT2D eigenvalue weighted by Gasteiger charge is -2.15. The van der Waals surface area contributed by atoms with Crippen molar-refractivity contribution in [3.63, 3.8) is 0 Å². The molecule has 0 saturated carbocycles. The van der Waals surface area contributed by atoms with E-state index in [9.17, 15) is 4.79 Å². The van der Waals surface area contributed by atoms with E-state index in [1.165, 1.54) is 0 Å². The number of carbonyl (C=O) groups excluding carboxylic acids is 1. The van der Waals surface area contributed by atoms with Crippen LogP contribution in [0.1, 0.15) is 19.3 Å². The number of nitrogens with two attached hydrogens (primary N) is 1. The van der Waals surface area contributed by atoms with Gasteiger partial charge in [0.25, 0.3) is 0 Å². The molecule has 2 N–H and O–H groups in total. The summed E-state index contributed by atoms with van der Waals surface area (Å²) in [7, 11) is 0. The smallest absolute Gasteiger partial charge is 0.219 e. The Labute approximate surface area is 71.5 Å². The highest BCUT2D eigenvalue weighted by Gasteiger charge is 2.15. The molecule has 4 heteroatoms. The fourth-order valence-corrected chi connectivity index (χ4v) is 1.51. The number of hydrogen-bond acceptors (Lipinski definition) is 2. The average Bonchev–Trinajstić information content (AvgIpc) is 2.31. The Hall–Kier alpha value is -0.640. The van der Waals surface area contributed by atoms with Gasteiger partial charge in [0.05, 0.1) is 4.99 Å². The molecular weight excluding hydrogens is 160 g/mol. The van der Waals surface area contributed by atoms with Gasteiger partial charge in [-0.3, -0.25) is 4.79 Å². The van der Waals surface area contributed by atoms with E-state index in [2.05, 4.69) is 4.90 Å². The molecule has 0 radical (unpaired) electrons. The molecule has 0 aromatic heterocycles. The first-order chi connectivity index (χ1) is 5.20. The number of carbonyl (C=O) groups is 1. The van der Waals surface area contributed by atoms with Gasteiger partial charge in [-0.2, -0.15) is 0 Å². The van der Waals surface area contributed by atoms with Gasteiger partial charge in [0.1, 0.15) is 0 Å². The van der Waals surface area contributed by atoms with Crippen molar-refractivity contribution in [3.05, 3.63) is 0 Å². The Balaban J connectivity index is 2.26. The van der Waals surface area contributed by atoms with Crippen molar-refractivity contribution in [2.45, 2.75) is 19.3 Å². The van der Waals surface area contributed by atoms with Crippen LogP contribution >= 0.6 is 12.2 Å². The highest BCUT2D eigenvalue weighted by molar-refractivity contribution is 7.80. The van der Waals surface area contributed by atoms with Gasteiger partial charge in [0, 0.05) is 19.5 Å². The van der Waals surface area contributed by atoms with Crippen LogP contribution in [0.4, 0.5) is 0 Å². The van der Waals surface area contributed by atoms with Gasteiger partial charge in [-0.15, -0.1) is 0 Å².